The van der Waals surface area contributed by atoms with Crippen LogP contribution in [0.2, 0.25) is 0 Å². The Hall–Kier alpha value is -3.86. The van der Waals surface area contributed by atoms with Crippen LogP contribution in [0.1, 0.15) is 15.9 Å². The van der Waals surface area contributed by atoms with E-state index in [4.69, 9.17) is 19.2 Å². The van der Waals surface area contributed by atoms with Crippen molar-refractivity contribution < 1.29 is 19.0 Å². The molecule has 4 heterocycles. The second kappa shape index (κ2) is 11.0. The van der Waals surface area contributed by atoms with E-state index < -0.39 is 0 Å². The van der Waals surface area contributed by atoms with E-state index in [1.165, 1.54) is 5.56 Å². The fourth-order valence-corrected chi connectivity index (χ4v) is 6.42. The van der Waals surface area contributed by atoms with Crippen molar-refractivity contribution in [1.29, 1.82) is 0 Å². The summed E-state index contributed by atoms with van der Waals surface area (Å²) in [6, 6.07) is 19.9. The number of aromatic nitrogens is 1. The van der Waals surface area contributed by atoms with Gasteiger partial charge < -0.3 is 29.3 Å². The van der Waals surface area contributed by atoms with E-state index >= 15 is 0 Å². The quantitative estimate of drug-likeness (QED) is 0.373. The van der Waals surface area contributed by atoms with Crippen LogP contribution in [-0.4, -0.2) is 75.1 Å². The molecule has 3 aromatic carbocycles. The predicted octanol–water partition coefficient (Wildman–Crippen LogP) is 4.44. The molecular weight excluding hydrogens is 526 g/mol. The van der Waals surface area contributed by atoms with Crippen LogP contribution < -0.4 is 24.6 Å². The zero-order valence-electron chi connectivity index (χ0n) is 22.2. The lowest BCUT2D eigenvalue weighted by Crippen LogP contribution is -2.45. The number of thiazole rings is 1. The molecule has 9 nitrogen and oxygen atoms in total. The standard InChI is InChI=1S/C30H31N5O4S/c36-29(31-23-3-5-24(6-4-23)34-13-15-37-16-14-34)22-2-7-25-28(18-22)40-30(32-25)35-11-9-33(10-12-35)19-21-1-8-26-27(17-21)39-20-38-26/h1-8,17-18H,9-16,19-20H2,(H,31,36). The minimum absolute atomic E-state index is 0.117. The molecule has 2 saturated heterocycles. The van der Waals surface area contributed by atoms with Crippen LogP contribution in [0.25, 0.3) is 10.2 Å². The van der Waals surface area contributed by atoms with E-state index in [0.29, 0.717) is 12.4 Å². The maximum Gasteiger partial charge on any atom is 0.255 e. The number of carbonyl (C=O) groups excluding carboxylic acids is 1. The number of fused-ring (bicyclic) bond motifs is 2. The fraction of sp³-hybridized carbons (Fsp3) is 0.333. The molecule has 1 amide bonds. The van der Waals surface area contributed by atoms with Gasteiger partial charge in [-0.2, -0.15) is 0 Å². The summed E-state index contributed by atoms with van der Waals surface area (Å²) in [5, 5.41) is 4.04. The summed E-state index contributed by atoms with van der Waals surface area (Å²) in [5.41, 5.74) is 4.72. The molecule has 2 fully saturated rings. The second-order valence-electron chi connectivity index (χ2n) is 10.2. The lowest BCUT2D eigenvalue weighted by Gasteiger charge is -2.34. The van der Waals surface area contributed by atoms with Crippen molar-refractivity contribution in [3.63, 3.8) is 0 Å². The SMILES string of the molecule is O=C(Nc1ccc(N2CCOCC2)cc1)c1ccc2nc(N3CCN(Cc4ccc5c(c4)OCO5)CC3)sc2c1. The van der Waals surface area contributed by atoms with Gasteiger partial charge in [0, 0.05) is 62.8 Å². The summed E-state index contributed by atoms with van der Waals surface area (Å²) in [6.07, 6.45) is 0. The first-order valence-electron chi connectivity index (χ1n) is 13.7. The Labute approximate surface area is 236 Å². The molecule has 1 N–H and O–H groups in total. The van der Waals surface area contributed by atoms with Crippen molar-refractivity contribution in [3.8, 4) is 11.5 Å². The van der Waals surface area contributed by atoms with Gasteiger partial charge in [0.05, 0.1) is 23.4 Å². The zero-order valence-corrected chi connectivity index (χ0v) is 23.0. The van der Waals surface area contributed by atoms with Gasteiger partial charge in [-0.05, 0) is 60.2 Å². The summed E-state index contributed by atoms with van der Waals surface area (Å²) < 4.78 is 17.4. The van der Waals surface area contributed by atoms with Crippen molar-refractivity contribution in [2.75, 3.05) is 74.4 Å². The summed E-state index contributed by atoms with van der Waals surface area (Å²) in [7, 11) is 0. The normalized spacial score (nSPS) is 17.4. The molecule has 40 heavy (non-hydrogen) atoms. The minimum Gasteiger partial charge on any atom is -0.454 e. The molecule has 4 aromatic rings. The van der Waals surface area contributed by atoms with Crippen LogP contribution in [0, 0.1) is 0 Å². The van der Waals surface area contributed by atoms with Crippen molar-refractivity contribution in [1.82, 2.24) is 9.88 Å². The Morgan fingerprint density at radius 2 is 1.65 bits per heavy atom. The lowest BCUT2D eigenvalue weighted by atomic mass is 10.1. The van der Waals surface area contributed by atoms with Gasteiger partial charge >= 0.3 is 0 Å². The number of morpholine rings is 1. The molecule has 3 aliphatic rings. The molecular formula is C30H31N5O4S. The molecule has 0 aliphatic carbocycles. The Kier molecular flexibility index (Phi) is 6.88. The van der Waals surface area contributed by atoms with Crippen molar-refractivity contribution in [2.45, 2.75) is 6.54 Å². The minimum atomic E-state index is -0.117. The van der Waals surface area contributed by atoms with Gasteiger partial charge in [-0.15, -0.1) is 0 Å². The first kappa shape index (κ1) is 25.1. The molecule has 0 bridgehead atoms. The van der Waals surface area contributed by atoms with Gasteiger partial charge in [0.25, 0.3) is 5.91 Å². The highest BCUT2D eigenvalue weighted by atomic mass is 32.1. The molecule has 0 unspecified atom stereocenters. The first-order chi connectivity index (χ1) is 19.7. The molecule has 0 atom stereocenters. The maximum atomic E-state index is 13.0. The van der Waals surface area contributed by atoms with E-state index in [1.807, 2.05) is 36.4 Å². The van der Waals surface area contributed by atoms with Crippen LogP contribution in [-0.2, 0) is 11.3 Å². The summed E-state index contributed by atoms with van der Waals surface area (Å²) in [6.45, 7) is 8.21. The molecule has 0 spiro atoms. The number of ether oxygens (including phenoxy) is 3. The highest BCUT2D eigenvalue weighted by Crippen LogP contribution is 2.34. The predicted molar refractivity (Wildman–Crippen MR) is 157 cm³/mol. The average molecular weight is 558 g/mol. The lowest BCUT2D eigenvalue weighted by molar-refractivity contribution is 0.102. The number of amides is 1. The fourth-order valence-electron chi connectivity index (χ4n) is 5.36. The molecule has 0 radical (unpaired) electrons. The topological polar surface area (TPSA) is 79.4 Å². The third-order valence-corrected chi connectivity index (χ3v) is 8.71. The number of benzene rings is 3. The van der Waals surface area contributed by atoms with Gasteiger partial charge in [-0.1, -0.05) is 17.4 Å². The number of rotatable bonds is 6. The zero-order chi connectivity index (χ0) is 26.9. The largest absolute Gasteiger partial charge is 0.454 e. The van der Waals surface area contributed by atoms with Crippen LogP contribution >= 0.6 is 11.3 Å². The third kappa shape index (κ3) is 5.30. The molecule has 7 rings (SSSR count). The average Bonchev–Trinajstić information content (AvgIpc) is 3.65. The molecule has 1 aromatic heterocycles. The number of piperazine rings is 1. The Bertz CT molecular complexity index is 1510. The monoisotopic (exact) mass is 557 g/mol. The molecule has 3 aliphatic heterocycles. The van der Waals surface area contributed by atoms with E-state index in [-0.39, 0.29) is 5.91 Å². The first-order valence-corrected chi connectivity index (χ1v) is 14.5. The smallest absolute Gasteiger partial charge is 0.255 e. The summed E-state index contributed by atoms with van der Waals surface area (Å²) in [4.78, 5) is 25.0. The Balaban J connectivity index is 0.962. The van der Waals surface area contributed by atoms with Gasteiger partial charge in [0.1, 0.15) is 0 Å². The van der Waals surface area contributed by atoms with Crippen LogP contribution in [0.5, 0.6) is 11.5 Å². The number of hydrogen-bond donors (Lipinski definition) is 1. The van der Waals surface area contributed by atoms with Crippen LogP contribution in [0.4, 0.5) is 16.5 Å². The number of hydrogen-bond acceptors (Lipinski definition) is 9. The van der Waals surface area contributed by atoms with Gasteiger partial charge in [-0.25, -0.2) is 4.98 Å². The third-order valence-electron chi connectivity index (χ3n) is 7.63. The van der Waals surface area contributed by atoms with E-state index in [1.54, 1.807) is 11.3 Å². The highest BCUT2D eigenvalue weighted by Gasteiger charge is 2.22. The molecule has 0 saturated carbocycles. The second-order valence-corrected chi connectivity index (χ2v) is 11.2. The van der Waals surface area contributed by atoms with E-state index in [0.717, 1.165) is 97.2 Å². The van der Waals surface area contributed by atoms with E-state index in [2.05, 4.69) is 44.3 Å². The Morgan fingerprint density at radius 1 is 0.850 bits per heavy atom. The number of carbonyl (C=O) groups is 1. The van der Waals surface area contributed by atoms with Crippen molar-refractivity contribution in [2.24, 2.45) is 0 Å². The van der Waals surface area contributed by atoms with Gasteiger partial charge in [0.2, 0.25) is 6.79 Å². The molecule has 10 heteroatoms. The van der Waals surface area contributed by atoms with Crippen molar-refractivity contribution in [3.05, 3.63) is 71.8 Å². The van der Waals surface area contributed by atoms with Crippen LogP contribution in [0.3, 0.4) is 0 Å². The van der Waals surface area contributed by atoms with Crippen LogP contribution in [0.15, 0.2) is 60.7 Å². The summed E-state index contributed by atoms with van der Waals surface area (Å²) >= 11 is 1.65. The number of anilines is 3. The van der Waals surface area contributed by atoms with Gasteiger partial charge in [-0.3, -0.25) is 9.69 Å². The Morgan fingerprint density at radius 3 is 2.48 bits per heavy atom. The molecule has 206 valence electrons. The maximum absolute atomic E-state index is 13.0. The van der Waals surface area contributed by atoms with E-state index in [9.17, 15) is 4.79 Å². The number of nitrogens with zero attached hydrogens (tertiary/aromatic N) is 4. The van der Waals surface area contributed by atoms with Gasteiger partial charge in [0.15, 0.2) is 16.6 Å². The van der Waals surface area contributed by atoms with Crippen molar-refractivity contribution >= 4 is 44.0 Å². The number of nitrogens with one attached hydrogen (secondary N) is 1. The summed E-state index contributed by atoms with van der Waals surface area (Å²) in [5.74, 6) is 1.54. The highest BCUT2D eigenvalue weighted by molar-refractivity contribution is 7.22.